The first-order valence-corrected chi connectivity index (χ1v) is 17.6. The second-order valence-electron chi connectivity index (χ2n) is 11.6. The van der Waals surface area contributed by atoms with Crippen molar-refractivity contribution in [1.82, 2.24) is 4.57 Å². The highest BCUT2D eigenvalue weighted by atomic mass is 28.3. The molecule has 0 aliphatic carbocycles. The first kappa shape index (κ1) is 27.6. The lowest BCUT2D eigenvalue weighted by Gasteiger charge is -2.36. The molecule has 1 heterocycles. The van der Waals surface area contributed by atoms with Crippen LogP contribution in [-0.4, -0.2) is 12.6 Å². The van der Waals surface area contributed by atoms with E-state index in [1.54, 1.807) is 0 Å². The molecule has 0 spiro atoms. The number of hydrogen-bond donors (Lipinski definition) is 0. The molecule has 0 unspecified atom stereocenters. The van der Waals surface area contributed by atoms with Crippen LogP contribution in [0.15, 0.2) is 182 Å². The van der Waals surface area contributed by atoms with E-state index in [4.69, 9.17) is 6.57 Å². The molecule has 3 heteroatoms. The van der Waals surface area contributed by atoms with Crippen molar-refractivity contribution in [2.75, 3.05) is 0 Å². The zero-order chi connectivity index (χ0) is 30.9. The van der Waals surface area contributed by atoms with Crippen LogP contribution in [0.25, 0.3) is 43.5 Å². The lowest BCUT2D eigenvalue weighted by molar-refractivity contribution is 1.18. The van der Waals surface area contributed by atoms with Crippen molar-refractivity contribution in [2.24, 2.45) is 0 Å². The van der Waals surface area contributed by atoms with Gasteiger partial charge in [-0.3, -0.25) is 0 Å². The summed E-state index contributed by atoms with van der Waals surface area (Å²) in [6, 6.07) is 65.4. The number of para-hydroxylation sites is 2. The van der Waals surface area contributed by atoms with Gasteiger partial charge in [-0.05, 0) is 44.5 Å². The van der Waals surface area contributed by atoms with Gasteiger partial charge in [0.1, 0.15) is 0 Å². The van der Waals surface area contributed by atoms with Crippen LogP contribution in [0.5, 0.6) is 0 Å². The largest absolute Gasteiger partial charge is 0.310 e. The third kappa shape index (κ3) is 4.31. The Kier molecular flexibility index (Phi) is 6.91. The quantitative estimate of drug-likeness (QED) is 0.103. The van der Waals surface area contributed by atoms with E-state index in [0.29, 0.717) is 5.69 Å². The topological polar surface area (TPSA) is 9.29 Å². The molecule has 0 fully saturated rings. The maximum atomic E-state index is 7.97. The third-order valence-electron chi connectivity index (χ3n) is 9.17. The Bertz CT molecular complexity index is 2220. The summed E-state index contributed by atoms with van der Waals surface area (Å²) in [5.74, 6) is 0. The van der Waals surface area contributed by atoms with Crippen molar-refractivity contribution in [3.05, 3.63) is 193 Å². The van der Waals surface area contributed by atoms with Gasteiger partial charge >= 0.3 is 0 Å². The molecule has 0 radical (unpaired) electrons. The van der Waals surface area contributed by atoms with Gasteiger partial charge in [0.15, 0.2) is 13.8 Å². The van der Waals surface area contributed by atoms with Gasteiger partial charge in [-0.25, -0.2) is 4.85 Å². The minimum atomic E-state index is -2.83. The molecule has 0 aliphatic heterocycles. The van der Waals surface area contributed by atoms with Crippen molar-refractivity contribution >= 4 is 56.3 Å². The molecule has 0 bridgehead atoms. The molecule has 8 rings (SSSR count). The van der Waals surface area contributed by atoms with Crippen molar-refractivity contribution < 1.29 is 0 Å². The Labute approximate surface area is 270 Å². The molecule has 0 amide bonds. The average Bonchev–Trinajstić information content (AvgIpc) is 3.48. The Morgan fingerprint density at radius 3 is 1.41 bits per heavy atom. The number of rotatable bonds is 6. The molecular weight excluding hydrogens is 573 g/mol. The maximum absolute atomic E-state index is 7.97. The Hall–Kier alpha value is -5.95. The molecule has 7 aromatic carbocycles. The molecule has 0 saturated carbocycles. The zero-order valence-electron chi connectivity index (χ0n) is 25.2. The molecule has 216 valence electrons. The smallest absolute Gasteiger partial charge is 0.189 e. The summed E-state index contributed by atoms with van der Waals surface area (Å²) in [4.78, 5) is 3.90. The lowest BCUT2D eigenvalue weighted by atomic mass is 10.0. The van der Waals surface area contributed by atoms with E-state index in [1.165, 1.54) is 37.1 Å². The van der Waals surface area contributed by atoms with Crippen molar-refractivity contribution in [3.8, 4) is 16.8 Å². The summed E-state index contributed by atoms with van der Waals surface area (Å²) in [6.45, 7) is 7.97. The predicted molar refractivity (Wildman–Crippen MR) is 196 cm³/mol. The van der Waals surface area contributed by atoms with Gasteiger partial charge in [-0.15, -0.1) is 0 Å². The lowest BCUT2D eigenvalue weighted by Crippen LogP contribution is -2.75. The van der Waals surface area contributed by atoms with Crippen LogP contribution in [0.4, 0.5) is 5.69 Å². The molecule has 2 nitrogen and oxygen atoms in total. The summed E-state index contributed by atoms with van der Waals surface area (Å²) in [6.07, 6.45) is 0. The summed E-state index contributed by atoms with van der Waals surface area (Å²) < 4.78 is 2.35. The van der Waals surface area contributed by atoms with Gasteiger partial charge in [0, 0.05) is 22.0 Å². The minimum absolute atomic E-state index is 0.621. The number of benzene rings is 7. The summed E-state index contributed by atoms with van der Waals surface area (Å²) in [7, 11) is -2.83. The van der Waals surface area contributed by atoms with E-state index in [-0.39, 0.29) is 0 Å². The van der Waals surface area contributed by atoms with Crippen LogP contribution in [0.1, 0.15) is 0 Å². The highest BCUT2D eigenvalue weighted by Crippen LogP contribution is 2.38. The normalized spacial score (nSPS) is 11.5. The van der Waals surface area contributed by atoms with E-state index < -0.39 is 8.07 Å². The first-order valence-electron chi connectivity index (χ1n) is 15.6. The SMILES string of the molecule is [C-]#[N+]c1ccc(-c2ccccc2[Si](c2ccccc2)(c2ccccc2)c2ccccc2)c(-n2c3ccccc3c3ccccc32)c1. The van der Waals surface area contributed by atoms with Gasteiger partial charge in [-0.2, -0.15) is 0 Å². The fourth-order valence-corrected chi connectivity index (χ4v) is 12.2. The Morgan fingerprint density at radius 1 is 0.435 bits per heavy atom. The van der Waals surface area contributed by atoms with Gasteiger partial charge in [0.2, 0.25) is 0 Å². The highest BCUT2D eigenvalue weighted by Gasteiger charge is 2.43. The monoisotopic (exact) mass is 602 g/mol. The Balaban J connectivity index is 1.52. The van der Waals surface area contributed by atoms with Crippen LogP contribution < -0.4 is 20.7 Å². The molecule has 0 atom stereocenters. The van der Waals surface area contributed by atoms with E-state index in [2.05, 4.69) is 185 Å². The second kappa shape index (κ2) is 11.5. The Morgan fingerprint density at radius 2 is 0.891 bits per heavy atom. The van der Waals surface area contributed by atoms with E-state index >= 15 is 0 Å². The fraction of sp³-hybridized carbons (Fsp3) is 0. The summed E-state index contributed by atoms with van der Waals surface area (Å²) in [5, 5.41) is 7.71. The van der Waals surface area contributed by atoms with Crippen LogP contribution in [0, 0.1) is 6.57 Å². The molecule has 8 aromatic rings. The summed E-state index contributed by atoms with van der Waals surface area (Å²) in [5.41, 5.74) is 6.17. The van der Waals surface area contributed by atoms with Crippen LogP contribution in [0.3, 0.4) is 0 Å². The van der Waals surface area contributed by atoms with Crippen molar-refractivity contribution in [3.63, 3.8) is 0 Å². The third-order valence-corrected chi connectivity index (χ3v) is 14.0. The van der Waals surface area contributed by atoms with E-state index in [0.717, 1.165) is 22.3 Å². The number of fused-ring (bicyclic) bond motifs is 3. The fourth-order valence-electron chi connectivity index (χ4n) is 7.26. The van der Waals surface area contributed by atoms with Crippen molar-refractivity contribution in [2.45, 2.75) is 0 Å². The van der Waals surface area contributed by atoms with Gasteiger partial charge in [0.25, 0.3) is 0 Å². The summed E-state index contributed by atoms with van der Waals surface area (Å²) >= 11 is 0. The number of nitrogens with zero attached hydrogens (tertiary/aromatic N) is 2. The zero-order valence-corrected chi connectivity index (χ0v) is 26.2. The van der Waals surface area contributed by atoms with Gasteiger partial charge < -0.3 is 4.57 Å². The predicted octanol–water partition coefficient (Wildman–Crippen LogP) is 8.38. The van der Waals surface area contributed by atoms with Crippen molar-refractivity contribution in [1.29, 1.82) is 0 Å². The number of aromatic nitrogens is 1. The van der Waals surface area contributed by atoms with E-state index in [1.807, 2.05) is 6.07 Å². The van der Waals surface area contributed by atoms with E-state index in [9.17, 15) is 0 Å². The molecule has 1 aromatic heterocycles. The minimum Gasteiger partial charge on any atom is -0.310 e. The van der Waals surface area contributed by atoms with Crippen LogP contribution in [0.2, 0.25) is 0 Å². The molecular formula is C43H30N2Si. The maximum Gasteiger partial charge on any atom is 0.189 e. The first-order chi connectivity index (χ1) is 22.8. The average molecular weight is 603 g/mol. The molecule has 0 N–H and O–H groups in total. The van der Waals surface area contributed by atoms with Gasteiger partial charge in [0.05, 0.1) is 17.6 Å². The number of hydrogen-bond acceptors (Lipinski definition) is 0. The molecule has 46 heavy (non-hydrogen) atoms. The second-order valence-corrected chi connectivity index (χ2v) is 15.3. The molecule has 0 saturated heterocycles. The highest BCUT2D eigenvalue weighted by molar-refractivity contribution is 7.20. The standard InChI is InChI=1S/C43H30N2Si/c1-44-32-29-30-38(42(31-32)45-40-26-14-11-23-36(40)37-24-12-15-27-41(37)45)39-25-13-16-28-43(39)46(33-17-5-2-6-18-33,34-19-7-3-8-20-34)35-21-9-4-10-22-35/h2-31H. The van der Waals surface area contributed by atoms with Crippen LogP contribution >= 0.6 is 0 Å². The molecule has 0 aliphatic rings. The van der Waals surface area contributed by atoms with Gasteiger partial charge in [-0.1, -0.05) is 164 Å². The van der Waals surface area contributed by atoms with Crippen LogP contribution in [-0.2, 0) is 0 Å².